The van der Waals surface area contributed by atoms with Crippen LogP contribution in [0.1, 0.15) is 239 Å². The summed E-state index contributed by atoms with van der Waals surface area (Å²) in [6, 6.07) is 0. The first-order chi connectivity index (χ1) is 40.6. The van der Waals surface area contributed by atoms with E-state index in [1.54, 1.807) is 0 Å². The van der Waals surface area contributed by atoms with E-state index in [1.807, 2.05) is 0 Å². The van der Waals surface area contributed by atoms with Gasteiger partial charge in [-0.25, -0.2) is 4.79 Å². The maximum absolute atomic E-state index is 13.2. The second-order valence-electron chi connectivity index (χ2n) is 21.3. The zero-order chi connectivity index (χ0) is 60.3. The third kappa shape index (κ3) is 46.9. The number of unbranched alkanes of at least 4 members (excludes halogenated alkanes) is 17. The first-order valence-corrected chi connectivity index (χ1v) is 32.2. The van der Waals surface area contributed by atoms with Gasteiger partial charge in [0.25, 0.3) is 0 Å². The van der Waals surface area contributed by atoms with Gasteiger partial charge in [0, 0.05) is 19.3 Å². The number of carboxylic acids is 1. The van der Waals surface area contributed by atoms with Crippen molar-refractivity contribution in [2.75, 3.05) is 13.2 Å². The van der Waals surface area contributed by atoms with Gasteiger partial charge in [0.2, 0.25) is 0 Å². The monoisotopic (exact) mass is 1160 g/mol. The topological polar surface area (TPSA) is 175 Å². The Labute approximate surface area is 502 Å². The number of hydrogen-bond donors (Lipinski definition) is 3. The largest absolute Gasteiger partial charge is 0.479 e. The molecule has 1 rings (SSSR count). The zero-order valence-corrected chi connectivity index (χ0v) is 51.6. The number of esters is 3. The Hall–Kier alpha value is -5.14. The third-order valence-electron chi connectivity index (χ3n) is 13.7. The minimum atomic E-state index is -1.92. The fourth-order valence-corrected chi connectivity index (χ4v) is 8.83. The van der Waals surface area contributed by atoms with Gasteiger partial charge in [0.15, 0.2) is 24.6 Å². The number of aliphatic hydroxyl groups is 2. The van der Waals surface area contributed by atoms with E-state index in [0.717, 1.165) is 161 Å². The molecule has 6 atom stereocenters. The molecule has 1 saturated heterocycles. The lowest BCUT2D eigenvalue weighted by Crippen LogP contribution is -2.61. The second kappa shape index (κ2) is 57.3. The summed E-state index contributed by atoms with van der Waals surface area (Å²) in [5, 5.41) is 31.6. The third-order valence-corrected chi connectivity index (χ3v) is 13.7. The van der Waals surface area contributed by atoms with Crippen LogP contribution in [-0.2, 0) is 42.9 Å². The SMILES string of the molecule is CC/C=C\C/C=C\C/C=C\C/C=C\C/C=C\CCCCCC(=O)OCC(COC1OC(C(=O)O)C(O)C(O)C1OC(=O)CCCCCCCCC/C=C\C/C=C\CCCCC)OC(=O)CCCCCC/C=C\C/C=C\C/C=C\C/C=C\CC. The number of rotatable bonds is 53. The van der Waals surface area contributed by atoms with Crippen molar-refractivity contribution in [2.45, 2.75) is 276 Å². The fraction of sp³-hybridized carbons (Fsp3) is 0.634. The Morgan fingerprint density at radius 1 is 0.410 bits per heavy atom. The Balaban J connectivity index is 2.72. The van der Waals surface area contributed by atoms with E-state index in [9.17, 15) is 34.5 Å². The molecule has 1 aliphatic heterocycles. The molecule has 468 valence electrons. The number of aliphatic carboxylic acids is 1. The number of carbonyl (C=O) groups excluding carboxylic acids is 3. The maximum atomic E-state index is 13.2. The Morgan fingerprint density at radius 3 is 1.17 bits per heavy atom. The van der Waals surface area contributed by atoms with Gasteiger partial charge in [-0.1, -0.05) is 219 Å². The predicted octanol–water partition coefficient (Wildman–Crippen LogP) is 17.3. The quantitative estimate of drug-likeness (QED) is 0.0228. The molecule has 0 saturated carbocycles. The highest BCUT2D eigenvalue weighted by Crippen LogP contribution is 2.26. The Morgan fingerprint density at radius 2 is 0.759 bits per heavy atom. The minimum Gasteiger partial charge on any atom is -0.479 e. The van der Waals surface area contributed by atoms with Crippen LogP contribution in [0.3, 0.4) is 0 Å². The normalized spacial score (nSPS) is 18.5. The molecule has 0 bridgehead atoms. The van der Waals surface area contributed by atoms with Gasteiger partial charge in [-0.2, -0.15) is 0 Å². The molecule has 0 radical (unpaired) electrons. The number of allylic oxidation sites excluding steroid dienone is 22. The molecular formula is C71H112O12. The van der Waals surface area contributed by atoms with Gasteiger partial charge in [-0.3, -0.25) is 14.4 Å². The lowest BCUT2D eigenvalue weighted by Gasteiger charge is -2.40. The molecule has 3 N–H and O–H groups in total. The van der Waals surface area contributed by atoms with Gasteiger partial charge >= 0.3 is 23.9 Å². The van der Waals surface area contributed by atoms with E-state index in [1.165, 1.54) is 19.3 Å². The van der Waals surface area contributed by atoms with Gasteiger partial charge < -0.3 is 39.0 Å². The van der Waals surface area contributed by atoms with Crippen molar-refractivity contribution in [1.29, 1.82) is 0 Å². The average molecular weight is 1160 g/mol. The summed E-state index contributed by atoms with van der Waals surface area (Å²) in [6.07, 6.45) is 68.3. The van der Waals surface area contributed by atoms with Crippen molar-refractivity contribution < 1.29 is 58.2 Å². The smallest absolute Gasteiger partial charge is 0.335 e. The maximum Gasteiger partial charge on any atom is 0.335 e. The summed E-state index contributed by atoms with van der Waals surface area (Å²) >= 11 is 0. The van der Waals surface area contributed by atoms with Crippen molar-refractivity contribution in [3.05, 3.63) is 134 Å². The summed E-state index contributed by atoms with van der Waals surface area (Å²) in [5.74, 6) is -3.22. The molecule has 1 fully saturated rings. The van der Waals surface area contributed by atoms with Crippen LogP contribution in [0.25, 0.3) is 0 Å². The molecule has 0 amide bonds. The van der Waals surface area contributed by atoms with Gasteiger partial charge in [-0.15, -0.1) is 0 Å². The molecule has 83 heavy (non-hydrogen) atoms. The highest BCUT2D eigenvalue weighted by atomic mass is 16.7. The standard InChI is InChI=1S/C71H112O12/c1-4-7-10-13-16-19-22-25-28-31-32-35-36-39-42-45-48-51-54-57-63(72)79-60-62(81-64(73)58-55-52-49-46-43-40-37-33-29-26-23-20-17-14-11-8-5-2)61-80-71-69(67(76)66(75)68(83-71)70(77)78)82-65(74)59-56-53-50-47-44-41-38-34-30-27-24-21-18-15-12-9-6-3/h7-8,10-11,16-21,25-30,32,35,37,39-40,42,62,66-69,71,75-76H,4-6,9,12-15,22-24,31,33-34,36,38,41,43-61H2,1-3H3,(H,77,78)/b10-7-,11-8-,19-16-,20-17-,21-18-,28-25-,29-26-,30-27-,35-32-,40-37-,42-39-. The summed E-state index contributed by atoms with van der Waals surface area (Å²) in [6.45, 7) is 5.69. The molecule has 0 aromatic rings. The van der Waals surface area contributed by atoms with Crippen LogP contribution in [0.2, 0.25) is 0 Å². The highest BCUT2D eigenvalue weighted by molar-refractivity contribution is 5.74. The minimum absolute atomic E-state index is 0.0379. The molecule has 12 heteroatoms. The van der Waals surface area contributed by atoms with E-state index in [-0.39, 0.29) is 25.9 Å². The number of hydrogen-bond acceptors (Lipinski definition) is 11. The van der Waals surface area contributed by atoms with E-state index in [0.29, 0.717) is 19.3 Å². The van der Waals surface area contributed by atoms with Crippen molar-refractivity contribution in [1.82, 2.24) is 0 Å². The highest BCUT2D eigenvalue weighted by Gasteiger charge is 2.50. The van der Waals surface area contributed by atoms with Crippen molar-refractivity contribution in [2.24, 2.45) is 0 Å². The lowest BCUT2D eigenvalue weighted by molar-refractivity contribution is -0.301. The van der Waals surface area contributed by atoms with Crippen LogP contribution in [0, 0.1) is 0 Å². The molecule has 6 unspecified atom stereocenters. The fourth-order valence-electron chi connectivity index (χ4n) is 8.83. The van der Waals surface area contributed by atoms with E-state index in [4.69, 9.17) is 23.7 Å². The molecule has 12 nitrogen and oxygen atoms in total. The molecule has 0 aromatic heterocycles. The molecule has 0 aliphatic carbocycles. The van der Waals surface area contributed by atoms with Crippen LogP contribution >= 0.6 is 0 Å². The number of aliphatic hydroxyl groups excluding tert-OH is 2. The first-order valence-electron chi connectivity index (χ1n) is 32.2. The van der Waals surface area contributed by atoms with Crippen molar-refractivity contribution in [3.8, 4) is 0 Å². The first kappa shape index (κ1) is 75.9. The van der Waals surface area contributed by atoms with Crippen LogP contribution in [0.4, 0.5) is 0 Å². The van der Waals surface area contributed by atoms with Crippen LogP contribution in [-0.4, -0.2) is 89.2 Å². The number of carboxylic acid groups (broad SMARTS) is 1. The van der Waals surface area contributed by atoms with Gasteiger partial charge in [0.1, 0.15) is 18.8 Å². The Bertz CT molecular complexity index is 1950. The van der Waals surface area contributed by atoms with Gasteiger partial charge in [0.05, 0.1) is 6.61 Å². The van der Waals surface area contributed by atoms with Crippen molar-refractivity contribution in [3.63, 3.8) is 0 Å². The molecule has 0 aromatic carbocycles. The molecule has 1 aliphatic rings. The van der Waals surface area contributed by atoms with Gasteiger partial charge in [-0.05, 0) is 135 Å². The van der Waals surface area contributed by atoms with E-state index >= 15 is 0 Å². The summed E-state index contributed by atoms with van der Waals surface area (Å²) in [4.78, 5) is 51.3. The summed E-state index contributed by atoms with van der Waals surface area (Å²) in [7, 11) is 0. The predicted molar refractivity (Wildman–Crippen MR) is 340 cm³/mol. The van der Waals surface area contributed by atoms with Crippen LogP contribution < -0.4 is 0 Å². The Kier molecular flexibility index (Phi) is 52.4. The van der Waals surface area contributed by atoms with Crippen LogP contribution in [0.5, 0.6) is 0 Å². The van der Waals surface area contributed by atoms with Crippen molar-refractivity contribution >= 4 is 23.9 Å². The zero-order valence-electron chi connectivity index (χ0n) is 51.6. The lowest BCUT2D eigenvalue weighted by atomic mass is 9.98. The van der Waals surface area contributed by atoms with E-state index < -0.39 is 67.3 Å². The molecule has 1 heterocycles. The number of carbonyl (C=O) groups is 4. The van der Waals surface area contributed by atoms with Crippen LogP contribution in [0.15, 0.2) is 134 Å². The summed E-state index contributed by atoms with van der Waals surface area (Å²) in [5.41, 5.74) is 0. The number of ether oxygens (including phenoxy) is 5. The second-order valence-corrected chi connectivity index (χ2v) is 21.3. The van der Waals surface area contributed by atoms with E-state index in [2.05, 4.69) is 154 Å². The average Bonchev–Trinajstić information content (AvgIpc) is 3.59. The summed E-state index contributed by atoms with van der Waals surface area (Å²) < 4.78 is 28.5. The molecular weight excluding hydrogens is 1040 g/mol. The molecule has 0 spiro atoms.